The molecule has 0 saturated heterocycles. The van der Waals surface area contributed by atoms with Gasteiger partial charge in [-0.3, -0.25) is 11.3 Å². The van der Waals surface area contributed by atoms with E-state index in [1.807, 2.05) is 13.8 Å². The minimum absolute atomic E-state index is 0.0525. The topological polar surface area (TPSA) is 47.3 Å². The number of nitrogens with one attached hydrogen (secondary N) is 1. The van der Waals surface area contributed by atoms with Gasteiger partial charge in [-0.05, 0) is 56.9 Å². The van der Waals surface area contributed by atoms with Crippen LogP contribution >= 0.6 is 0 Å². The Balaban J connectivity index is 2.91. The fourth-order valence-corrected chi connectivity index (χ4v) is 1.87. The van der Waals surface area contributed by atoms with Gasteiger partial charge in [0.2, 0.25) is 0 Å². The van der Waals surface area contributed by atoms with E-state index in [0.717, 1.165) is 0 Å². The van der Waals surface area contributed by atoms with Gasteiger partial charge in [0.1, 0.15) is 0 Å². The van der Waals surface area contributed by atoms with Gasteiger partial charge >= 0.3 is 0 Å². The van der Waals surface area contributed by atoms with Crippen molar-refractivity contribution < 1.29 is 4.74 Å². The molecule has 1 aromatic carbocycles. The second-order valence-corrected chi connectivity index (χ2v) is 4.89. The van der Waals surface area contributed by atoms with Crippen LogP contribution in [-0.2, 0) is 4.74 Å². The summed E-state index contributed by atoms with van der Waals surface area (Å²) in [7, 11) is 0. The molecule has 3 N–H and O–H groups in total. The van der Waals surface area contributed by atoms with Crippen LogP contribution in [0.15, 0.2) is 12.1 Å². The Kier molecular flexibility index (Phi) is 5.12. The molecule has 0 radical (unpaired) electrons. The van der Waals surface area contributed by atoms with Crippen LogP contribution in [0, 0.1) is 20.8 Å². The van der Waals surface area contributed by atoms with Crippen LogP contribution in [0.2, 0.25) is 0 Å². The molecule has 0 amide bonds. The van der Waals surface area contributed by atoms with E-state index >= 15 is 0 Å². The van der Waals surface area contributed by atoms with Crippen LogP contribution in [0.1, 0.15) is 42.1 Å². The first-order chi connectivity index (χ1) is 7.95. The molecular formula is C14H24N2O. The highest BCUT2D eigenvalue weighted by molar-refractivity contribution is 5.38. The number of benzene rings is 1. The lowest BCUT2D eigenvalue weighted by atomic mass is 9.96. The van der Waals surface area contributed by atoms with Crippen LogP contribution in [0.4, 0.5) is 0 Å². The molecule has 1 rings (SSSR count). The van der Waals surface area contributed by atoms with E-state index < -0.39 is 0 Å². The largest absolute Gasteiger partial charge is 0.377 e. The van der Waals surface area contributed by atoms with Gasteiger partial charge in [-0.1, -0.05) is 12.1 Å². The van der Waals surface area contributed by atoms with E-state index in [1.165, 1.54) is 22.3 Å². The Morgan fingerprint density at radius 1 is 1.12 bits per heavy atom. The van der Waals surface area contributed by atoms with E-state index in [1.54, 1.807) is 0 Å². The molecule has 17 heavy (non-hydrogen) atoms. The minimum Gasteiger partial charge on any atom is -0.377 e. The van der Waals surface area contributed by atoms with Gasteiger partial charge in [0.15, 0.2) is 0 Å². The molecule has 0 fully saturated rings. The third kappa shape index (κ3) is 3.80. The molecule has 0 aromatic heterocycles. The highest BCUT2D eigenvalue weighted by Gasteiger charge is 2.14. The maximum absolute atomic E-state index is 5.63. The van der Waals surface area contributed by atoms with Gasteiger partial charge in [-0.2, -0.15) is 0 Å². The highest BCUT2D eigenvalue weighted by Crippen LogP contribution is 2.22. The predicted molar refractivity (Wildman–Crippen MR) is 71.8 cm³/mol. The van der Waals surface area contributed by atoms with E-state index in [4.69, 9.17) is 10.6 Å². The van der Waals surface area contributed by atoms with Gasteiger partial charge in [-0.15, -0.1) is 0 Å². The highest BCUT2D eigenvalue weighted by atomic mass is 16.5. The van der Waals surface area contributed by atoms with Crippen molar-refractivity contribution in [3.05, 3.63) is 34.4 Å². The average molecular weight is 236 g/mol. The van der Waals surface area contributed by atoms with Crippen molar-refractivity contribution in [2.45, 2.75) is 46.8 Å². The summed E-state index contributed by atoms with van der Waals surface area (Å²) in [6.45, 7) is 11.0. The van der Waals surface area contributed by atoms with Crippen molar-refractivity contribution in [3.63, 3.8) is 0 Å². The van der Waals surface area contributed by atoms with Crippen molar-refractivity contribution in [3.8, 4) is 0 Å². The standard InChI is InChI=1S/C14H24N2O/c1-9(2)17-8-14(16-15)13-7-11(4)10(3)6-12(13)5/h6-7,9,14,16H,8,15H2,1-5H3. The summed E-state index contributed by atoms with van der Waals surface area (Å²) < 4.78 is 5.63. The van der Waals surface area contributed by atoms with Gasteiger partial charge in [-0.25, -0.2) is 0 Å². The molecule has 0 spiro atoms. The predicted octanol–water partition coefficient (Wildman–Crippen LogP) is 2.54. The lowest BCUT2D eigenvalue weighted by molar-refractivity contribution is 0.0610. The number of nitrogens with two attached hydrogens (primary N) is 1. The van der Waals surface area contributed by atoms with Crippen molar-refractivity contribution in [1.82, 2.24) is 5.43 Å². The number of aryl methyl sites for hydroxylation is 3. The van der Waals surface area contributed by atoms with Crippen LogP contribution in [0.25, 0.3) is 0 Å². The van der Waals surface area contributed by atoms with Crippen LogP contribution < -0.4 is 11.3 Å². The zero-order chi connectivity index (χ0) is 13.0. The van der Waals surface area contributed by atoms with E-state index in [2.05, 4.69) is 38.3 Å². The summed E-state index contributed by atoms with van der Waals surface area (Å²) in [4.78, 5) is 0. The summed E-state index contributed by atoms with van der Waals surface area (Å²) in [5, 5.41) is 0. The summed E-state index contributed by atoms with van der Waals surface area (Å²) in [6, 6.07) is 4.44. The van der Waals surface area contributed by atoms with Gasteiger partial charge in [0, 0.05) is 0 Å². The molecule has 1 unspecified atom stereocenters. The zero-order valence-electron chi connectivity index (χ0n) is 11.5. The maximum Gasteiger partial charge on any atom is 0.0696 e. The molecule has 96 valence electrons. The summed E-state index contributed by atoms with van der Waals surface area (Å²) in [6.07, 6.45) is 0.220. The lowest BCUT2D eigenvalue weighted by Gasteiger charge is -2.21. The van der Waals surface area contributed by atoms with Crippen LogP contribution in [-0.4, -0.2) is 12.7 Å². The SMILES string of the molecule is Cc1cc(C)c(C(COC(C)C)NN)cc1C. The molecular weight excluding hydrogens is 212 g/mol. The van der Waals surface area contributed by atoms with Crippen molar-refractivity contribution in [2.24, 2.45) is 5.84 Å². The molecule has 0 aliphatic heterocycles. The molecule has 3 heteroatoms. The van der Waals surface area contributed by atoms with Crippen LogP contribution in [0.5, 0.6) is 0 Å². The Hall–Kier alpha value is -0.900. The van der Waals surface area contributed by atoms with Gasteiger partial charge in [0.05, 0.1) is 18.8 Å². The molecule has 0 saturated carbocycles. The van der Waals surface area contributed by atoms with E-state index in [0.29, 0.717) is 6.61 Å². The first-order valence-corrected chi connectivity index (χ1v) is 6.11. The fourth-order valence-electron chi connectivity index (χ4n) is 1.87. The van der Waals surface area contributed by atoms with Crippen molar-refractivity contribution >= 4 is 0 Å². The number of hydrogen-bond acceptors (Lipinski definition) is 3. The molecule has 0 aliphatic carbocycles. The normalized spacial score (nSPS) is 13.1. The third-order valence-electron chi connectivity index (χ3n) is 3.06. The fraction of sp³-hybridized carbons (Fsp3) is 0.571. The van der Waals surface area contributed by atoms with Gasteiger partial charge < -0.3 is 4.74 Å². The molecule has 0 heterocycles. The third-order valence-corrected chi connectivity index (χ3v) is 3.06. The number of hydrogen-bond donors (Lipinski definition) is 2. The maximum atomic E-state index is 5.63. The lowest BCUT2D eigenvalue weighted by Crippen LogP contribution is -2.32. The Morgan fingerprint density at radius 2 is 1.71 bits per heavy atom. The smallest absolute Gasteiger partial charge is 0.0696 e. The monoisotopic (exact) mass is 236 g/mol. The second-order valence-electron chi connectivity index (χ2n) is 4.89. The quantitative estimate of drug-likeness (QED) is 0.610. The number of ether oxygens (including phenoxy) is 1. The Bertz CT molecular complexity index is 375. The second kappa shape index (κ2) is 6.15. The van der Waals surface area contributed by atoms with Gasteiger partial charge in [0.25, 0.3) is 0 Å². The molecule has 0 aliphatic rings. The summed E-state index contributed by atoms with van der Waals surface area (Å²) in [5.74, 6) is 5.62. The molecule has 3 nitrogen and oxygen atoms in total. The van der Waals surface area contributed by atoms with E-state index in [9.17, 15) is 0 Å². The molecule has 1 atom stereocenters. The summed E-state index contributed by atoms with van der Waals surface area (Å²) in [5.41, 5.74) is 7.91. The summed E-state index contributed by atoms with van der Waals surface area (Å²) >= 11 is 0. The first-order valence-electron chi connectivity index (χ1n) is 6.11. The molecule has 1 aromatic rings. The zero-order valence-corrected chi connectivity index (χ0v) is 11.5. The minimum atomic E-state index is 0.0525. The first kappa shape index (κ1) is 14.2. The average Bonchev–Trinajstić information content (AvgIpc) is 2.25. The van der Waals surface area contributed by atoms with Crippen molar-refractivity contribution in [2.75, 3.05) is 6.61 Å². The number of rotatable bonds is 5. The van der Waals surface area contributed by atoms with Crippen molar-refractivity contribution in [1.29, 1.82) is 0 Å². The number of hydrazine groups is 1. The van der Waals surface area contributed by atoms with Crippen LogP contribution in [0.3, 0.4) is 0 Å². The molecule has 0 bridgehead atoms. The van der Waals surface area contributed by atoms with E-state index in [-0.39, 0.29) is 12.1 Å². The Morgan fingerprint density at radius 3 is 2.24 bits per heavy atom. The Labute approximate surface area is 104 Å².